The summed E-state index contributed by atoms with van der Waals surface area (Å²) in [6.45, 7) is 6.92. The summed E-state index contributed by atoms with van der Waals surface area (Å²) < 4.78 is 5.23. The lowest BCUT2D eigenvalue weighted by atomic mass is 10.1. The molecule has 0 spiro atoms. The molecular weight excluding hydrogens is 214 g/mol. The first-order valence-corrected chi connectivity index (χ1v) is 5.85. The Bertz CT molecular complexity index is 399. The van der Waals surface area contributed by atoms with E-state index in [0.717, 1.165) is 17.9 Å². The summed E-state index contributed by atoms with van der Waals surface area (Å²) >= 11 is 0. The van der Waals surface area contributed by atoms with Crippen molar-refractivity contribution in [2.45, 2.75) is 20.8 Å². The Labute approximate surface area is 103 Å². The van der Waals surface area contributed by atoms with Crippen LogP contribution >= 0.6 is 0 Å². The summed E-state index contributed by atoms with van der Waals surface area (Å²) in [5, 5.41) is 0. The lowest BCUT2D eigenvalue weighted by Crippen LogP contribution is -2.30. The molecule has 17 heavy (non-hydrogen) atoms. The first kappa shape index (κ1) is 13.6. The number of aryl methyl sites for hydroxylation is 1. The van der Waals surface area contributed by atoms with Gasteiger partial charge in [0.05, 0.1) is 7.11 Å². The molecular formula is C14H21NO2. The second-order valence-electron chi connectivity index (χ2n) is 4.76. The number of ether oxygens (including phenoxy) is 1. The van der Waals surface area contributed by atoms with E-state index >= 15 is 0 Å². The lowest BCUT2D eigenvalue weighted by Gasteiger charge is -2.19. The van der Waals surface area contributed by atoms with Crippen molar-refractivity contribution < 1.29 is 9.53 Å². The Morgan fingerprint density at radius 1 is 1.41 bits per heavy atom. The first-order valence-electron chi connectivity index (χ1n) is 5.85. The van der Waals surface area contributed by atoms with Gasteiger partial charge in [0.15, 0.2) is 0 Å². The molecule has 0 aliphatic heterocycles. The van der Waals surface area contributed by atoms with Crippen LogP contribution in [0.4, 0.5) is 0 Å². The minimum absolute atomic E-state index is 0.0389. The fourth-order valence-electron chi connectivity index (χ4n) is 1.80. The van der Waals surface area contributed by atoms with Crippen LogP contribution in [0, 0.1) is 12.8 Å². The molecule has 1 aromatic carbocycles. The van der Waals surface area contributed by atoms with Crippen LogP contribution in [0.25, 0.3) is 0 Å². The number of amides is 1. The molecule has 1 aromatic rings. The molecule has 0 fully saturated rings. The number of hydrogen-bond acceptors (Lipinski definition) is 2. The van der Waals surface area contributed by atoms with Crippen LogP contribution in [0.3, 0.4) is 0 Å². The molecule has 0 saturated carbocycles. The van der Waals surface area contributed by atoms with Crippen LogP contribution in [0.1, 0.15) is 29.8 Å². The number of hydrogen-bond donors (Lipinski definition) is 0. The van der Waals surface area contributed by atoms with Crippen molar-refractivity contribution in [1.29, 1.82) is 0 Å². The molecule has 0 radical (unpaired) electrons. The van der Waals surface area contributed by atoms with Gasteiger partial charge in [-0.05, 0) is 30.5 Å². The molecule has 0 aliphatic rings. The third-order valence-corrected chi connectivity index (χ3v) is 2.64. The van der Waals surface area contributed by atoms with Gasteiger partial charge in [0.1, 0.15) is 5.75 Å². The minimum atomic E-state index is 0.0389. The van der Waals surface area contributed by atoms with Crippen molar-refractivity contribution >= 4 is 5.91 Å². The summed E-state index contributed by atoms with van der Waals surface area (Å²) in [6, 6.07) is 5.56. The number of benzene rings is 1. The molecule has 1 rings (SSSR count). The van der Waals surface area contributed by atoms with E-state index in [1.165, 1.54) is 0 Å². The van der Waals surface area contributed by atoms with E-state index in [1.807, 2.05) is 26.1 Å². The zero-order valence-electron chi connectivity index (χ0n) is 11.3. The second kappa shape index (κ2) is 5.71. The molecule has 0 heterocycles. The number of rotatable bonds is 4. The first-order chi connectivity index (χ1) is 7.95. The molecule has 3 nitrogen and oxygen atoms in total. The van der Waals surface area contributed by atoms with Crippen LogP contribution in [0.5, 0.6) is 5.75 Å². The van der Waals surface area contributed by atoms with Gasteiger partial charge in [-0.25, -0.2) is 0 Å². The monoisotopic (exact) mass is 235 g/mol. The summed E-state index contributed by atoms with van der Waals surface area (Å²) in [5.74, 6) is 1.27. The van der Waals surface area contributed by atoms with E-state index in [0.29, 0.717) is 11.5 Å². The van der Waals surface area contributed by atoms with Crippen LogP contribution < -0.4 is 4.74 Å². The molecule has 0 saturated heterocycles. The second-order valence-corrected chi connectivity index (χ2v) is 4.76. The van der Waals surface area contributed by atoms with Gasteiger partial charge in [-0.2, -0.15) is 0 Å². The maximum absolute atomic E-state index is 12.1. The van der Waals surface area contributed by atoms with Gasteiger partial charge in [0.25, 0.3) is 5.91 Å². The number of methoxy groups -OCH3 is 1. The summed E-state index contributed by atoms with van der Waals surface area (Å²) in [6.07, 6.45) is 0. The largest absolute Gasteiger partial charge is 0.496 e. The molecule has 0 aromatic heterocycles. The van der Waals surface area contributed by atoms with Crippen molar-refractivity contribution in [3.8, 4) is 5.75 Å². The summed E-state index contributed by atoms with van der Waals surface area (Å²) in [7, 11) is 3.45. The Morgan fingerprint density at radius 2 is 2.06 bits per heavy atom. The van der Waals surface area contributed by atoms with Crippen molar-refractivity contribution in [3.63, 3.8) is 0 Å². The molecule has 0 N–H and O–H groups in total. The molecule has 94 valence electrons. The topological polar surface area (TPSA) is 29.5 Å². The number of carbonyl (C=O) groups excluding carboxylic acids is 1. The average molecular weight is 235 g/mol. The van der Waals surface area contributed by atoms with Gasteiger partial charge < -0.3 is 9.64 Å². The quantitative estimate of drug-likeness (QED) is 0.803. The smallest absolute Gasteiger partial charge is 0.253 e. The third-order valence-electron chi connectivity index (χ3n) is 2.64. The van der Waals surface area contributed by atoms with Crippen molar-refractivity contribution in [3.05, 3.63) is 29.3 Å². The molecule has 0 bridgehead atoms. The van der Waals surface area contributed by atoms with E-state index in [2.05, 4.69) is 13.8 Å². The van der Waals surface area contributed by atoms with Crippen LogP contribution in [0.15, 0.2) is 18.2 Å². The normalized spacial score (nSPS) is 10.5. The minimum Gasteiger partial charge on any atom is -0.496 e. The lowest BCUT2D eigenvalue weighted by molar-refractivity contribution is 0.0779. The molecule has 0 unspecified atom stereocenters. The maximum Gasteiger partial charge on any atom is 0.253 e. The highest BCUT2D eigenvalue weighted by atomic mass is 16.5. The highest BCUT2D eigenvalue weighted by molar-refractivity contribution is 5.94. The molecule has 0 aliphatic carbocycles. The maximum atomic E-state index is 12.1. The molecule has 1 amide bonds. The van der Waals surface area contributed by atoms with Gasteiger partial charge in [-0.1, -0.05) is 19.9 Å². The van der Waals surface area contributed by atoms with Crippen molar-refractivity contribution in [1.82, 2.24) is 4.90 Å². The fraction of sp³-hybridized carbons (Fsp3) is 0.500. The van der Waals surface area contributed by atoms with Crippen molar-refractivity contribution in [2.75, 3.05) is 20.7 Å². The number of nitrogens with zero attached hydrogens (tertiary/aromatic N) is 1. The zero-order valence-corrected chi connectivity index (χ0v) is 11.3. The van der Waals surface area contributed by atoms with Crippen molar-refractivity contribution in [2.24, 2.45) is 5.92 Å². The van der Waals surface area contributed by atoms with Crippen LogP contribution in [-0.2, 0) is 0 Å². The van der Waals surface area contributed by atoms with Gasteiger partial charge in [0, 0.05) is 19.2 Å². The third kappa shape index (κ3) is 3.48. The van der Waals surface area contributed by atoms with Gasteiger partial charge in [0.2, 0.25) is 0 Å². The van der Waals surface area contributed by atoms with Gasteiger partial charge >= 0.3 is 0 Å². The number of carbonyl (C=O) groups is 1. The zero-order chi connectivity index (χ0) is 13.0. The Kier molecular flexibility index (Phi) is 4.55. The predicted octanol–water partition coefficient (Wildman–Crippen LogP) is 2.73. The highest BCUT2D eigenvalue weighted by Gasteiger charge is 2.14. The highest BCUT2D eigenvalue weighted by Crippen LogP contribution is 2.19. The van der Waals surface area contributed by atoms with Gasteiger partial charge in [-0.3, -0.25) is 4.79 Å². The van der Waals surface area contributed by atoms with Gasteiger partial charge in [-0.15, -0.1) is 0 Å². The standard InChI is InChI=1S/C14H21NO2/c1-10(2)9-15(4)14(16)12-7-6-11(3)13(8-12)17-5/h6-8,10H,9H2,1-5H3. The van der Waals surface area contributed by atoms with Crippen LogP contribution in [0.2, 0.25) is 0 Å². The van der Waals surface area contributed by atoms with Crippen LogP contribution in [-0.4, -0.2) is 31.5 Å². The summed E-state index contributed by atoms with van der Waals surface area (Å²) in [4.78, 5) is 13.9. The Morgan fingerprint density at radius 3 is 2.59 bits per heavy atom. The fourth-order valence-corrected chi connectivity index (χ4v) is 1.80. The molecule has 3 heteroatoms. The molecule has 0 atom stereocenters. The Balaban J connectivity index is 2.89. The SMILES string of the molecule is COc1cc(C(=O)N(C)CC(C)C)ccc1C. The predicted molar refractivity (Wildman–Crippen MR) is 69.5 cm³/mol. The summed E-state index contributed by atoms with van der Waals surface area (Å²) in [5.41, 5.74) is 1.71. The van der Waals surface area contributed by atoms with E-state index in [9.17, 15) is 4.79 Å². The van der Waals surface area contributed by atoms with E-state index in [1.54, 1.807) is 18.1 Å². The van der Waals surface area contributed by atoms with E-state index in [4.69, 9.17) is 4.74 Å². The average Bonchev–Trinajstić information content (AvgIpc) is 2.27. The van der Waals surface area contributed by atoms with E-state index in [-0.39, 0.29) is 5.91 Å². The van der Waals surface area contributed by atoms with E-state index < -0.39 is 0 Å². The Hall–Kier alpha value is -1.51.